The zero-order chi connectivity index (χ0) is 21.2. The molecule has 1 saturated heterocycles. The fourth-order valence-electron chi connectivity index (χ4n) is 4.43. The van der Waals surface area contributed by atoms with Gasteiger partial charge < -0.3 is 10.0 Å². The zero-order valence-electron chi connectivity index (χ0n) is 17.3. The number of halogens is 2. The summed E-state index contributed by atoms with van der Waals surface area (Å²) in [6.07, 6.45) is 1.98. The van der Waals surface area contributed by atoms with Gasteiger partial charge in [-0.25, -0.2) is 8.78 Å². The Balaban J connectivity index is 1.75. The number of nitrogens with zero attached hydrogens (tertiary/aromatic N) is 1. The summed E-state index contributed by atoms with van der Waals surface area (Å²) in [7, 11) is 0. The van der Waals surface area contributed by atoms with Crippen LogP contribution in [0.15, 0.2) is 42.5 Å². The molecular weight excluding hydrogens is 372 g/mol. The normalized spacial score (nSPS) is 20.9. The van der Waals surface area contributed by atoms with E-state index in [0.717, 1.165) is 18.1 Å². The molecule has 2 aromatic carbocycles. The summed E-state index contributed by atoms with van der Waals surface area (Å²) in [4.78, 5) is 14.8. The molecule has 0 aliphatic carbocycles. The molecule has 1 amide bonds. The number of aliphatic hydroxyl groups is 1. The molecule has 29 heavy (non-hydrogen) atoms. The fraction of sp³-hybridized carbons (Fsp3) is 0.458. The minimum atomic E-state index is -0.598. The average molecular weight is 401 g/mol. The van der Waals surface area contributed by atoms with E-state index in [-0.39, 0.29) is 24.0 Å². The molecule has 1 aliphatic rings. The van der Waals surface area contributed by atoms with Crippen LogP contribution < -0.4 is 0 Å². The predicted molar refractivity (Wildman–Crippen MR) is 110 cm³/mol. The van der Waals surface area contributed by atoms with Crippen LogP contribution in [-0.2, 0) is 4.79 Å². The molecular formula is C24H29F2NO2. The highest BCUT2D eigenvalue weighted by Crippen LogP contribution is 2.44. The first-order valence-corrected chi connectivity index (χ1v) is 10.2. The quantitative estimate of drug-likeness (QED) is 0.710. The van der Waals surface area contributed by atoms with Gasteiger partial charge in [0.2, 0.25) is 5.91 Å². The number of amides is 1. The number of hydrogen-bond acceptors (Lipinski definition) is 2. The maximum atomic E-state index is 14.0. The Labute approximate surface area is 171 Å². The molecule has 0 radical (unpaired) electrons. The van der Waals surface area contributed by atoms with Gasteiger partial charge in [-0.1, -0.05) is 38.1 Å². The van der Waals surface area contributed by atoms with Gasteiger partial charge in [-0.2, -0.15) is 0 Å². The molecule has 0 bridgehead atoms. The monoisotopic (exact) mass is 401 g/mol. The van der Waals surface area contributed by atoms with Gasteiger partial charge in [0.05, 0.1) is 6.04 Å². The van der Waals surface area contributed by atoms with E-state index in [0.29, 0.717) is 36.4 Å². The maximum absolute atomic E-state index is 14.0. The summed E-state index contributed by atoms with van der Waals surface area (Å²) in [6, 6.07) is 10.9. The number of hydrogen-bond donors (Lipinski definition) is 1. The first kappa shape index (κ1) is 21.4. The Hall–Kier alpha value is -2.27. The Kier molecular flexibility index (Phi) is 6.37. The van der Waals surface area contributed by atoms with Gasteiger partial charge in [0, 0.05) is 31.2 Å². The third kappa shape index (κ3) is 4.35. The van der Waals surface area contributed by atoms with Crippen LogP contribution in [0.4, 0.5) is 8.78 Å². The molecule has 3 nitrogen and oxygen atoms in total. The van der Waals surface area contributed by atoms with Crippen LogP contribution in [0.25, 0.3) is 11.1 Å². The van der Waals surface area contributed by atoms with Crippen LogP contribution in [0.2, 0.25) is 0 Å². The van der Waals surface area contributed by atoms with Gasteiger partial charge in [-0.15, -0.1) is 0 Å². The Morgan fingerprint density at radius 3 is 2.34 bits per heavy atom. The largest absolute Gasteiger partial charge is 0.396 e. The SMILES string of the molecule is CC(C)[C@@]1(CCO)CCN([C@@H](C)c2ccc(-c3ccc(F)cc3F)cc2)C(=O)C1. The summed E-state index contributed by atoms with van der Waals surface area (Å²) in [6.45, 7) is 7.00. The Bertz CT molecular complexity index is 866. The topological polar surface area (TPSA) is 40.5 Å². The smallest absolute Gasteiger partial charge is 0.223 e. The molecule has 0 unspecified atom stereocenters. The van der Waals surface area contributed by atoms with Gasteiger partial charge in [0.1, 0.15) is 11.6 Å². The van der Waals surface area contributed by atoms with Crippen LogP contribution >= 0.6 is 0 Å². The van der Waals surface area contributed by atoms with E-state index in [9.17, 15) is 18.7 Å². The number of aliphatic hydroxyl groups excluding tert-OH is 1. The van der Waals surface area contributed by atoms with Crippen LogP contribution in [0.3, 0.4) is 0 Å². The first-order valence-electron chi connectivity index (χ1n) is 10.2. The second-order valence-electron chi connectivity index (χ2n) is 8.43. The molecule has 0 spiro atoms. The second kappa shape index (κ2) is 8.62. The molecule has 1 fully saturated rings. The van der Waals surface area contributed by atoms with E-state index >= 15 is 0 Å². The lowest BCUT2D eigenvalue weighted by atomic mass is 9.67. The Morgan fingerprint density at radius 2 is 1.79 bits per heavy atom. The molecule has 1 N–H and O–H groups in total. The molecule has 156 valence electrons. The molecule has 0 aromatic heterocycles. The van der Waals surface area contributed by atoms with Crippen molar-refractivity contribution in [3.8, 4) is 11.1 Å². The molecule has 0 saturated carbocycles. The van der Waals surface area contributed by atoms with Crippen molar-refractivity contribution in [3.05, 3.63) is 59.7 Å². The lowest BCUT2D eigenvalue weighted by Gasteiger charge is -2.45. The van der Waals surface area contributed by atoms with E-state index in [1.165, 1.54) is 12.1 Å². The van der Waals surface area contributed by atoms with E-state index < -0.39 is 11.6 Å². The van der Waals surface area contributed by atoms with Crippen molar-refractivity contribution in [3.63, 3.8) is 0 Å². The number of likely N-dealkylation sites (tertiary alicyclic amines) is 1. The van der Waals surface area contributed by atoms with Gasteiger partial charge in [0.25, 0.3) is 0 Å². The van der Waals surface area contributed by atoms with E-state index in [1.54, 1.807) is 12.1 Å². The second-order valence-corrected chi connectivity index (χ2v) is 8.43. The number of piperidine rings is 1. The predicted octanol–water partition coefficient (Wildman–Crippen LogP) is 5.34. The van der Waals surface area contributed by atoms with Crippen molar-refractivity contribution in [2.45, 2.75) is 46.1 Å². The van der Waals surface area contributed by atoms with Crippen molar-refractivity contribution in [1.82, 2.24) is 4.90 Å². The molecule has 3 rings (SSSR count). The Morgan fingerprint density at radius 1 is 1.10 bits per heavy atom. The third-order valence-electron chi connectivity index (χ3n) is 6.61. The summed E-state index contributed by atoms with van der Waals surface area (Å²) in [5.41, 5.74) is 1.87. The van der Waals surface area contributed by atoms with Crippen LogP contribution in [0.1, 0.15) is 51.6 Å². The van der Waals surface area contributed by atoms with Gasteiger partial charge in [-0.3, -0.25) is 4.79 Å². The van der Waals surface area contributed by atoms with E-state index in [2.05, 4.69) is 13.8 Å². The minimum Gasteiger partial charge on any atom is -0.396 e. The number of rotatable bonds is 6. The molecule has 1 aliphatic heterocycles. The average Bonchev–Trinajstić information content (AvgIpc) is 2.68. The third-order valence-corrected chi connectivity index (χ3v) is 6.61. The molecule has 2 atom stereocenters. The van der Waals surface area contributed by atoms with Crippen molar-refractivity contribution < 1.29 is 18.7 Å². The maximum Gasteiger partial charge on any atom is 0.223 e. The summed E-state index contributed by atoms with van der Waals surface area (Å²) in [5.74, 6) is -0.745. The standard InChI is InChI=1S/C24H29F2NO2/c1-16(2)24(11-13-28)10-12-27(23(29)15-24)17(3)18-4-6-19(7-5-18)21-9-8-20(25)14-22(21)26/h4-9,14,16-17,28H,10-13,15H2,1-3H3/t17-,24+/m0/s1. The van der Waals surface area contributed by atoms with Crippen LogP contribution in [0.5, 0.6) is 0 Å². The van der Waals surface area contributed by atoms with E-state index in [1.807, 2.05) is 24.0 Å². The number of benzene rings is 2. The lowest BCUT2D eigenvalue weighted by molar-refractivity contribution is -0.143. The highest BCUT2D eigenvalue weighted by atomic mass is 19.1. The van der Waals surface area contributed by atoms with Crippen molar-refractivity contribution in [1.29, 1.82) is 0 Å². The minimum absolute atomic E-state index is 0.0890. The summed E-state index contributed by atoms with van der Waals surface area (Å²) < 4.78 is 27.2. The fourth-order valence-corrected chi connectivity index (χ4v) is 4.43. The molecule has 5 heteroatoms. The summed E-state index contributed by atoms with van der Waals surface area (Å²) >= 11 is 0. The van der Waals surface area contributed by atoms with Crippen LogP contribution in [-0.4, -0.2) is 29.1 Å². The van der Waals surface area contributed by atoms with Crippen molar-refractivity contribution in [2.24, 2.45) is 11.3 Å². The van der Waals surface area contributed by atoms with Gasteiger partial charge >= 0.3 is 0 Å². The van der Waals surface area contributed by atoms with E-state index in [4.69, 9.17) is 0 Å². The highest BCUT2D eigenvalue weighted by Gasteiger charge is 2.42. The first-order chi connectivity index (χ1) is 13.8. The highest BCUT2D eigenvalue weighted by molar-refractivity contribution is 5.78. The molecule has 2 aromatic rings. The number of carbonyl (C=O) groups is 1. The molecule has 1 heterocycles. The lowest BCUT2D eigenvalue weighted by Crippen LogP contribution is -2.47. The van der Waals surface area contributed by atoms with Gasteiger partial charge in [0.15, 0.2) is 0 Å². The van der Waals surface area contributed by atoms with Gasteiger partial charge in [-0.05, 0) is 54.4 Å². The van der Waals surface area contributed by atoms with Crippen molar-refractivity contribution >= 4 is 5.91 Å². The summed E-state index contributed by atoms with van der Waals surface area (Å²) in [5, 5.41) is 9.45. The van der Waals surface area contributed by atoms with Crippen LogP contribution in [0, 0.1) is 23.0 Å². The zero-order valence-corrected chi connectivity index (χ0v) is 17.3. The number of carbonyl (C=O) groups excluding carboxylic acids is 1. The van der Waals surface area contributed by atoms with Crippen molar-refractivity contribution in [2.75, 3.05) is 13.2 Å².